The predicted molar refractivity (Wildman–Crippen MR) is 97.3 cm³/mol. The number of ether oxygens (including phenoxy) is 1. The molecule has 0 fully saturated rings. The normalized spacial score (nSPS) is 10.4. The van der Waals surface area contributed by atoms with Crippen molar-refractivity contribution in [2.75, 3.05) is 24.2 Å². The Bertz CT molecular complexity index is 791. The van der Waals surface area contributed by atoms with Gasteiger partial charge in [0.15, 0.2) is 0 Å². The number of benzene rings is 2. The molecule has 2 aromatic carbocycles. The van der Waals surface area contributed by atoms with Crippen LogP contribution in [0.5, 0.6) is 5.75 Å². The summed E-state index contributed by atoms with van der Waals surface area (Å²) in [4.78, 5) is 7.88. The minimum absolute atomic E-state index is 0.139. The fourth-order valence-electron chi connectivity index (χ4n) is 2.31. The summed E-state index contributed by atoms with van der Waals surface area (Å²) in [6, 6.07) is 19.7. The minimum Gasteiger partial charge on any atom is -0.491 e. The summed E-state index contributed by atoms with van der Waals surface area (Å²) in [7, 11) is 0. The van der Waals surface area contributed by atoms with Crippen LogP contribution in [0.1, 0.15) is 0 Å². The number of nitrogen functional groups attached to an aromatic ring is 1. The molecule has 3 rings (SSSR count). The van der Waals surface area contributed by atoms with E-state index in [4.69, 9.17) is 22.1 Å². The molecule has 3 N–H and O–H groups in total. The van der Waals surface area contributed by atoms with Crippen LogP contribution in [0, 0.1) is 0 Å². The summed E-state index contributed by atoms with van der Waals surface area (Å²) in [5.41, 5.74) is 7.75. The molecule has 0 aliphatic heterocycles. The van der Waals surface area contributed by atoms with Gasteiger partial charge in [-0.25, -0.2) is 4.98 Å². The van der Waals surface area contributed by atoms with Crippen LogP contribution in [0.4, 0.5) is 11.8 Å². The first-order chi connectivity index (χ1) is 11.7. The van der Waals surface area contributed by atoms with Crippen molar-refractivity contribution in [3.8, 4) is 16.9 Å². The Hall–Kier alpha value is -2.79. The number of hydrogen-bond donors (Lipinski definition) is 2. The fourth-order valence-corrected chi connectivity index (χ4v) is 2.50. The highest BCUT2D eigenvalue weighted by molar-refractivity contribution is 6.29. The molecule has 0 saturated carbocycles. The molecule has 24 heavy (non-hydrogen) atoms. The number of hydrogen-bond acceptors (Lipinski definition) is 5. The van der Waals surface area contributed by atoms with Gasteiger partial charge in [-0.3, -0.25) is 0 Å². The monoisotopic (exact) mass is 340 g/mol. The molecule has 0 radical (unpaired) electrons. The van der Waals surface area contributed by atoms with Crippen LogP contribution in [-0.4, -0.2) is 23.1 Å². The van der Waals surface area contributed by atoms with E-state index in [1.807, 2.05) is 42.5 Å². The molecule has 1 aromatic heterocycles. The SMILES string of the molecule is Nc1nc(Cl)cc(NCCOc2ccccc2-c2ccccc2)n1. The molecule has 0 spiro atoms. The Morgan fingerprint density at radius 1 is 1.00 bits per heavy atom. The third kappa shape index (κ3) is 4.14. The predicted octanol–water partition coefficient (Wildman–Crippen LogP) is 3.87. The lowest BCUT2D eigenvalue weighted by Crippen LogP contribution is -2.13. The van der Waals surface area contributed by atoms with Gasteiger partial charge in [0.1, 0.15) is 23.3 Å². The maximum Gasteiger partial charge on any atom is 0.223 e. The highest BCUT2D eigenvalue weighted by Crippen LogP contribution is 2.29. The molecule has 0 amide bonds. The topological polar surface area (TPSA) is 73.1 Å². The number of anilines is 2. The molecule has 0 atom stereocenters. The van der Waals surface area contributed by atoms with Crippen LogP contribution in [-0.2, 0) is 0 Å². The summed E-state index contributed by atoms with van der Waals surface area (Å²) in [6.45, 7) is 1.04. The Morgan fingerprint density at radius 3 is 2.54 bits per heavy atom. The largest absolute Gasteiger partial charge is 0.491 e. The van der Waals surface area contributed by atoms with Gasteiger partial charge < -0.3 is 15.8 Å². The minimum atomic E-state index is 0.139. The van der Waals surface area contributed by atoms with E-state index >= 15 is 0 Å². The van der Waals surface area contributed by atoms with Crippen molar-refractivity contribution in [1.82, 2.24) is 9.97 Å². The number of halogens is 1. The Morgan fingerprint density at radius 2 is 1.75 bits per heavy atom. The van der Waals surface area contributed by atoms with E-state index in [1.165, 1.54) is 0 Å². The van der Waals surface area contributed by atoms with Gasteiger partial charge in [-0.05, 0) is 11.6 Å². The molecule has 0 aliphatic rings. The second-order valence-electron chi connectivity index (χ2n) is 5.07. The summed E-state index contributed by atoms with van der Waals surface area (Å²) < 4.78 is 5.90. The van der Waals surface area contributed by atoms with Crippen LogP contribution in [0.2, 0.25) is 5.15 Å². The zero-order valence-electron chi connectivity index (χ0n) is 12.9. The number of aromatic nitrogens is 2. The first-order valence-corrected chi connectivity index (χ1v) is 7.91. The van der Waals surface area contributed by atoms with Crippen LogP contribution in [0.3, 0.4) is 0 Å². The lowest BCUT2D eigenvalue weighted by Gasteiger charge is -2.12. The molecule has 1 heterocycles. The number of para-hydroxylation sites is 1. The van der Waals surface area contributed by atoms with Crippen molar-refractivity contribution < 1.29 is 4.74 Å². The van der Waals surface area contributed by atoms with E-state index in [9.17, 15) is 0 Å². The molecule has 0 unspecified atom stereocenters. The van der Waals surface area contributed by atoms with Crippen LogP contribution >= 0.6 is 11.6 Å². The lowest BCUT2D eigenvalue weighted by atomic mass is 10.1. The van der Waals surface area contributed by atoms with Gasteiger partial charge in [0.05, 0.1) is 6.54 Å². The molecule has 0 aliphatic carbocycles. The average Bonchev–Trinajstić information content (AvgIpc) is 2.59. The first-order valence-electron chi connectivity index (χ1n) is 7.53. The van der Waals surface area contributed by atoms with Gasteiger partial charge in [0, 0.05) is 11.6 Å². The number of nitrogens with zero attached hydrogens (tertiary/aromatic N) is 2. The quantitative estimate of drug-likeness (QED) is 0.526. The second-order valence-corrected chi connectivity index (χ2v) is 5.46. The van der Waals surface area contributed by atoms with Crippen LogP contribution in [0.15, 0.2) is 60.7 Å². The number of rotatable bonds is 6. The van der Waals surface area contributed by atoms with Crippen LogP contribution in [0.25, 0.3) is 11.1 Å². The molecule has 5 nitrogen and oxygen atoms in total. The van der Waals surface area contributed by atoms with E-state index in [1.54, 1.807) is 6.07 Å². The van der Waals surface area contributed by atoms with Crippen molar-refractivity contribution in [3.05, 3.63) is 65.8 Å². The second kappa shape index (κ2) is 7.66. The zero-order valence-corrected chi connectivity index (χ0v) is 13.7. The van der Waals surface area contributed by atoms with E-state index in [-0.39, 0.29) is 5.95 Å². The average molecular weight is 341 g/mol. The van der Waals surface area contributed by atoms with E-state index < -0.39 is 0 Å². The van der Waals surface area contributed by atoms with Crippen molar-refractivity contribution in [2.45, 2.75) is 0 Å². The Balaban J connectivity index is 1.61. The van der Waals surface area contributed by atoms with Gasteiger partial charge in [-0.15, -0.1) is 0 Å². The molecular weight excluding hydrogens is 324 g/mol. The Labute approximate surface area is 145 Å². The van der Waals surface area contributed by atoms with Crippen molar-refractivity contribution in [2.24, 2.45) is 0 Å². The van der Waals surface area contributed by atoms with Crippen molar-refractivity contribution >= 4 is 23.4 Å². The highest BCUT2D eigenvalue weighted by Gasteiger charge is 2.05. The van der Waals surface area contributed by atoms with E-state index in [2.05, 4.69) is 27.4 Å². The molecule has 0 bridgehead atoms. The summed E-state index contributed by atoms with van der Waals surface area (Å²) in [6.07, 6.45) is 0. The van der Waals surface area contributed by atoms with E-state index in [0.717, 1.165) is 16.9 Å². The molecule has 6 heteroatoms. The standard InChI is InChI=1S/C18H17ClN4O/c19-16-12-17(23-18(20)22-16)21-10-11-24-15-9-5-4-8-14(15)13-6-2-1-3-7-13/h1-9,12H,10-11H2,(H3,20,21,22,23). The maximum atomic E-state index is 5.90. The highest BCUT2D eigenvalue weighted by atomic mass is 35.5. The van der Waals surface area contributed by atoms with Gasteiger partial charge >= 0.3 is 0 Å². The van der Waals surface area contributed by atoms with Gasteiger partial charge in [-0.1, -0.05) is 60.1 Å². The third-order valence-electron chi connectivity index (χ3n) is 3.35. The third-order valence-corrected chi connectivity index (χ3v) is 3.54. The van der Waals surface area contributed by atoms with Crippen molar-refractivity contribution in [3.63, 3.8) is 0 Å². The Kier molecular flexibility index (Phi) is 5.13. The lowest BCUT2D eigenvalue weighted by molar-refractivity contribution is 0.334. The molecular formula is C18H17ClN4O. The first kappa shape index (κ1) is 16.1. The molecule has 3 aromatic rings. The maximum absolute atomic E-state index is 5.90. The van der Waals surface area contributed by atoms with Crippen LogP contribution < -0.4 is 15.8 Å². The number of nitrogens with two attached hydrogens (primary N) is 1. The molecule has 0 saturated heterocycles. The van der Waals surface area contributed by atoms with Gasteiger partial charge in [0.2, 0.25) is 5.95 Å². The van der Waals surface area contributed by atoms with E-state index in [0.29, 0.717) is 24.1 Å². The van der Waals surface area contributed by atoms with Gasteiger partial charge in [0.25, 0.3) is 0 Å². The smallest absolute Gasteiger partial charge is 0.223 e. The summed E-state index contributed by atoms with van der Waals surface area (Å²) in [5, 5.41) is 3.42. The number of nitrogens with one attached hydrogen (secondary N) is 1. The fraction of sp³-hybridized carbons (Fsp3) is 0.111. The van der Waals surface area contributed by atoms with Crippen molar-refractivity contribution in [1.29, 1.82) is 0 Å². The summed E-state index contributed by atoms with van der Waals surface area (Å²) in [5.74, 6) is 1.55. The zero-order chi connectivity index (χ0) is 16.8. The summed E-state index contributed by atoms with van der Waals surface area (Å²) >= 11 is 5.85. The molecule has 122 valence electrons. The van der Waals surface area contributed by atoms with Gasteiger partial charge in [-0.2, -0.15) is 4.98 Å².